The highest BCUT2D eigenvalue weighted by atomic mass is 32.2. The quantitative estimate of drug-likeness (QED) is 0.699. The van der Waals surface area contributed by atoms with E-state index >= 15 is 0 Å². The van der Waals surface area contributed by atoms with Crippen LogP contribution in [0.3, 0.4) is 0 Å². The molecule has 0 radical (unpaired) electrons. The number of anilines is 2. The summed E-state index contributed by atoms with van der Waals surface area (Å²) in [5, 5.41) is 7.11. The molecule has 0 aliphatic carbocycles. The molecule has 2 aromatic carbocycles. The average molecular weight is 407 g/mol. The lowest BCUT2D eigenvalue weighted by molar-refractivity contribution is -0.125. The number of aromatic nitrogens is 2. The van der Waals surface area contributed by atoms with Gasteiger partial charge in [0.15, 0.2) is 0 Å². The monoisotopic (exact) mass is 406 g/mol. The number of amides is 2. The smallest absolute Gasteiger partial charge is 0.250 e. The second-order valence-electron chi connectivity index (χ2n) is 7.37. The number of para-hydroxylation sites is 2. The van der Waals surface area contributed by atoms with Gasteiger partial charge in [-0.1, -0.05) is 24.3 Å². The van der Waals surface area contributed by atoms with E-state index < -0.39 is 5.54 Å². The Morgan fingerprint density at radius 2 is 1.86 bits per heavy atom. The fourth-order valence-electron chi connectivity index (χ4n) is 3.39. The fraction of sp³-hybridized carbons (Fsp3) is 0.227. The minimum absolute atomic E-state index is 0.0736. The highest BCUT2D eigenvalue weighted by Gasteiger charge is 2.43. The molecular weight excluding hydrogens is 384 g/mol. The van der Waals surface area contributed by atoms with Crippen LogP contribution in [0.4, 0.5) is 11.4 Å². The van der Waals surface area contributed by atoms with E-state index in [9.17, 15) is 9.59 Å². The fourth-order valence-corrected chi connectivity index (χ4v) is 4.22. The lowest BCUT2D eigenvalue weighted by Crippen LogP contribution is -2.58. The zero-order chi connectivity index (χ0) is 20.4. The minimum Gasteiger partial charge on any atom is -0.322 e. The first kappa shape index (κ1) is 19.3. The molecule has 0 saturated heterocycles. The Balaban J connectivity index is 1.42. The maximum absolute atomic E-state index is 13.0. The van der Waals surface area contributed by atoms with E-state index in [4.69, 9.17) is 0 Å². The van der Waals surface area contributed by atoms with E-state index in [0.717, 1.165) is 16.9 Å². The molecule has 0 spiro atoms. The molecule has 6 nitrogen and oxygen atoms in total. The number of nitrogens with one attached hydrogen (secondary N) is 1. The molecule has 3 aromatic rings. The minimum atomic E-state index is -0.933. The number of hydrogen-bond acceptors (Lipinski definition) is 4. The molecule has 2 amide bonds. The van der Waals surface area contributed by atoms with Crippen LogP contribution in [0.15, 0.2) is 67.0 Å². The predicted molar refractivity (Wildman–Crippen MR) is 116 cm³/mol. The van der Waals surface area contributed by atoms with Crippen LogP contribution in [0.25, 0.3) is 5.69 Å². The Morgan fingerprint density at radius 1 is 1.10 bits per heavy atom. The van der Waals surface area contributed by atoms with Crippen LogP contribution in [0.5, 0.6) is 0 Å². The number of thioether (sulfide) groups is 1. The highest BCUT2D eigenvalue weighted by molar-refractivity contribution is 7.99. The molecule has 7 heteroatoms. The third-order valence-electron chi connectivity index (χ3n) is 4.96. The zero-order valence-electron chi connectivity index (χ0n) is 16.3. The van der Waals surface area contributed by atoms with Crippen molar-refractivity contribution >= 4 is 35.0 Å². The van der Waals surface area contributed by atoms with Gasteiger partial charge in [0, 0.05) is 18.1 Å². The second-order valence-corrected chi connectivity index (χ2v) is 8.35. The molecule has 0 fully saturated rings. The number of carbonyl (C=O) groups is 2. The van der Waals surface area contributed by atoms with E-state index in [1.807, 2.05) is 60.8 Å². The van der Waals surface area contributed by atoms with Crippen LogP contribution in [-0.4, -0.2) is 32.9 Å². The highest BCUT2D eigenvalue weighted by Crippen LogP contribution is 2.37. The Bertz CT molecular complexity index is 1030. The summed E-state index contributed by atoms with van der Waals surface area (Å²) in [5.74, 6) is 0.762. The van der Waals surface area contributed by atoms with Gasteiger partial charge in [0.1, 0.15) is 5.54 Å². The second kappa shape index (κ2) is 7.75. The van der Waals surface area contributed by atoms with Crippen molar-refractivity contribution in [2.75, 3.05) is 16.0 Å². The van der Waals surface area contributed by atoms with Gasteiger partial charge < -0.3 is 5.32 Å². The van der Waals surface area contributed by atoms with Gasteiger partial charge in [0.05, 0.1) is 22.8 Å². The summed E-state index contributed by atoms with van der Waals surface area (Å²) in [4.78, 5) is 27.2. The Labute approximate surface area is 173 Å². The molecule has 148 valence electrons. The topological polar surface area (TPSA) is 67.2 Å². The van der Waals surface area contributed by atoms with Crippen LogP contribution in [0.1, 0.15) is 19.4 Å². The Hall–Kier alpha value is -3.06. The number of hydrogen-bond donors (Lipinski definition) is 1. The van der Waals surface area contributed by atoms with Gasteiger partial charge >= 0.3 is 0 Å². The third-order valence-corrected chi connectivity index (χ3v) is 5.95. The van der Waals surface area contributed by atoms with E-state index in [2.05, 4.69) is 10.4 Å². The number of benzene rings is 2. The van der Waals surface area contributed by atoms with Gasteiger partial charge in [-0.25, -0.2) is 4.68 Å². The Morgan fingerprint density at radius 3 is 2.59 bits per heavy atom. The summed E-state index contributed by atoms with van der Waals surface area (Å²) in [5.41, 5.74) is 2.61. The van der Waals surface area contributed by atoms with Crippen LogP contribution in [0, 0.1) is 0 Å². The summed E-state index contributed by atoms with van der Waals surface area (Å²) in [6, 6.07) is 17.4. The van der Waals surface area contributed by atoms with Crippen LogP contribution >= 0.6 is 11.8 Å². The first-order chi connectivity index (χ1) is 14.0. The van der Waals surface area contributed by atoms with Crippen LogP contribution in [0.2, 0.25) is 0 Å². The number of carbonyl (C=O) groups excluding carboxylic acids is 2. The lowest BCUT2D eigenvalue weighted by Gasteiger charge is -2.42. The first-order valence-corrected chi connectivity index (χ1v) is 10.5. The molecule has 0 saturated carbocycles. The molecule has 0 bridgehead atoms. The third kappa shape index (κ3) is 3.78. The maximum Gasteiger partial charge on any atom is 0.250 e. The normalized spacial score (nSPS) is 15.0. The summed E-state index contributed by atoms with van der Waals surface area (Å²) < 4.78 is 1.81. The maximum atomic E-state index is 13.0. The number of fused-ring (bicyclic) bond motifs is 1. The molecule has 2 heterocycles. The van der Waals surface area contributed by atoms with Gasteiger partial charge in [0.25, 0.3) is 0 Å². The van der Waals surface area contributed by atoms with E-state index in [-0.39, 0.29) is 11.8 Å². The molecule has 4 rings (SSSR count). The largest absolute Gasteiger partial charge is 0.322 e. The van der Waals surface area contributed by atoms with Crippen molar-refractivity contribution in [3.8, 4) is 5.69 Å². The van der Waals surface area contributed by atoms with Crippen molar-refractivity contribution in [1.29, 1.82) is 0 Å². The van der Waals surface area contributed by atoms with Crippen molar-refractivity contribution in [3.63, 3.8) is 0 Å². The van der Waals surface area contributed by atoms with Crippen LogP contribution < -0.4 is 10.2 Å². The molecule has 0 atom stereocenters. The van der Waals surface area contributed by atoms with Gasteiger partial charge in [-0.2, -0.15) is 5.10 Å². The molecule has 29 heavy (non-hydrogen) atoms. The van der Waals surface area contributed by atoms with Crippen molar-refractivity contribution in [2.24, 2.45) is 0 Å². The van der Waals surface area contributed by atoms with Crippen LogP contribution in [-0.2, 0) is 15.3 Å². The first-order valence-electron chi connectivity index (χ1n) is 9.37. The van der Waals surface area contributed by atoms with Gasteiger partial charge in [-0.3, -0.25) is 14.5 Å². The van der Waals surface area contributed by atoms with Gasteiger partial charge in [-0.05, 0) is 49.7 Å². The Kier molecular flexibility index (Phi) is 5.15. The van der Waals surface area contributed by atoms with E-state index in [1.54, 1.807) is 41.4 Å². The number of rotatable bonds is 5. The molecule has 1 aliphatic heterocycles. The summed E-state index contributed by atoms with van der Waals surface area (Å²) in [6.07, 6.45) is 3.65. The molecule has 1 aliphatic rings. The van der Waals surface area contributed by atoms with Crippen molar-refractivity contribution in [3.05, 3.63) is 72.6 Å². The van der Waals surface area contributed by atoms with Crippen molar-refractivity contribution in [1.82, 2.24) is 9.78 Å². The summed E-state index contributed by atoms with van der Waals surface area (Å²) in [7, 11) is 0. The molecule has 1 N–H and O–H groups in total. The predicted octanol–water partition coefficient (Wildman–Crippen LogP) is 3.87. The lowest BCUT2D eigenvalue weighted by atomic mass is 9.96. The molecule has 1 aromatic heterocycles. The number of nitrogens with zero attached hydrogens (tertiary/aromatic N) is 3. The molecule has 0 unspecified atom stereocenters. The standard InChI is InChI=1S/C22H22N4O2S/c1-22(2)21(28)24-18-6-3-4-7-19(18)26(22)20(27)15-29-14-16-8-10-17(11-9-16)25-13-5-12-23-25/h3-13H,14-15H2,1-2H3,(H,24,28). The van der Waals surface area contributed by atoms with Gasteiger partial charge in [0.2, 0.25) is 11.8 Å². The zero-order valence-corrected chi connectivity index (χ0v) is 17.1. The van der Waals surface area contributed by atoms with Crippen molar-refractivity contribution < 1.29 is 9.59 Å². The van der Waals surface area contributed by atoms with E-state index in [1.165, 1.54) is 0 Å². The average Bonchev–Trinajstić information content (AvgIpc) is 3.24. The van der Waals surface area contributed by atoms with Gasteiger partial charge in [-0.15, -0.1) is 11.8 Å². The molecular formula is C22H22N4O2S. The SMILES string of the molecule is CC1(C)C(=O)Nc2ccccc2N1C(=O)CSCc1ccc(-n2cccn2)cc1. The van der Waals surface area contributed by atoms with E-state index in [0.29, 0.717) is 17.2 Å². The van der Waals surface area contributed by atoms with Crippen molar-refractivity contribution in [2.45, 2.75) is 25.1 Å². The summed E-state index contributed by atoms with van der Waals surface area (Å²) >= 11 is 1.54. The summed E-state index contributed by atoms with van der Waals surface area (Å²) in [6.45, 7) is 3.55.